The summed E-state index contributed by atoms with van der Waals surface area (Å²) in [5.74, 6) is 0. The molecule has 0 atom stereocenters. The Labute approximate surface area is 81.0 Å². The Morgan fingerprint density at radius 3 is 2.92 bits per heavy atom. The van der Waals surface area contributed by atoms with Gasteiger partial charge in [-0.15, -0.1) is 0 Å². The van der Waals surface area contributed by atoms with Gasteiger partial charge in [0.1, 0.15) is 4.90 Å². The Bertz CT molecular complexity index is 444. The molecule has 0 radical (unpaired) electrons. The van der Waals surface area contributed by atoms with Crippen LogP contribution in [-0.2, 0) is 10.0 Å². The highest BCUT2D eigenvalue weighted by Gasteiger charge is 2.22. The summed E-state index contributed by atoms with van der Waals surface area (Å²) in [4.78, 5) is 0.239. The second-order valence-electron chi connectivity index (χ2n) is 2.64. The smallest absolute Gasteiger partial charge is 0.244 e. The lowest BCUT2D eigenvalue weighted by atomic mass is 10.3. The predicted molar refractivity (Wildman–Crippen MR) is 50.3 cm³/mol. The van der Waals surface area contributed by atoms with E-state index in [4.69, 9.17) is 11.6 Å². The molecular formula is C7H7ClN2O2S. The first-order chi connectivity index (χ1) is 6.09. The molecule has 2 N–H and O–H groups in total. The van der Waals surface area contributed by atoms with Crippen molar-refractivity contribution in [3.63, 3.8) is 0 Å². The van der Waals surface area contributed by atoms with Gasteiger partial charge in [-0.25, -0.2) is 8.42 Å². The molecule has 0 aliphatic carbocycles. The van der Waals surface area contributed by atoms with Gasteiger partial charge < -0.3 is 5.32 Å². The van der Waals surface area contributed by atoms with Crippen LogP contribution < -0.4 is 10.0 Å². The highest BCUT2D eigenvalue weighted by atomic mass is 35.5. The van der Waals surface area contributed by atoms with Crippen molar-refractivity contribution in [1.29, 1.82) is 0 Å². The lowest BCUT2D eigenvalue weighted by Crippen LogP contribution is -2.34. The largest absolute Gasteiger partial charge is 0.370 e. The van der Waals surface area contributed by atoms with Crippen molar-refractivity contribution in [3.05, 3.63) is 23.2 Å². The maximum atomic E-state index is 11.4. The minimum Gasteiger partial charge on any atom is -0.370 e. The molecule has 0 saturated carbocycles. The van der Waals surface area contributed by atoms with E-state index in [0.29, 0.717) is 10.7 Å². The fourth-order valence-electron chi connectivity index (χ4n) is 1.18. The molecule has 0 saturated heterocycles. The SMILES string of the molecule is O=S1(=O)NCNc2cc(Cl)ccc21. The van der Waals surface area contributed by atoms with Gasteiger partial charge in [0.25, 0.3) is 0 Å². The Morgan fingerprint density at radius 2 is 2.15 bits per heavy atom. The van der Waals surface area contributed by atoms with E-state index < -0.39 is 10.0 Å². The second kappa shape index (κ2) is 2.87. The van der Waals surface area contributed by atoms with Crippen molar-refractivity contribution in [1.82, 2.24) is 4.72 Å². The fraction of sp³-hybridized carbons (Fsp3) is 0.143. The molecule has 0 bridgehead atoms. The van der Waals surface area contributed by atoms with Crippen molar-refractivity contribution in [2.75, 3.05) is 12.0 Å². The first-order valence-corrected chi connectivity index (χ1v) is 5.49. The van der Waals surface area contributed by atoms with Gasteiger partial charge in [-0.1, -0.05) is 11.6 Å². The van der Waals surface area contributed by atoms with E-state index in [1.54, 1.807) is 12.1 Å². The zero-order valence-electron chi connectivity index (χ0n) is 6.54. The maximum absolute atomic E-state index is 11.4. The Kier molecular flexibility index (Phi) is 1.94. The zero-order valence-corrected chi connectivity index (χ0v) is 8.11. The van der Waals surface area contributed by atoms with Crippen molar-refractivity contribution in [2.45, 2.75) is 4.90 Å². The predicted octanol–water partition coefficient (Wildman–Crippen LogP) is 1.00. The van der Waals surface area contributed by atoms with Crippen LogP contribution in [0.5, 0.6) is 0 Å². The van der Waals surface area contributed by atoms with Crippen LogP contribution in [-0.4, -0.2) is 15.1 Å². The summed E-state index contributed by atoms with van der Waals surface area (Å²) < 4.78 is 25.1. The number of nitrogens with one attached hydrogen (secondary N) is 2. The fourth-order valence-corrected chi connectivity index (χ4v) is 2.44. The number of sulfonamides is 1. The summed E-state index contributed by atoms with van der Waals surface area (Å²) in [6.07, 6.45) is 0. The average molecular weight is 219 g/mol. The van der Waals surface area contributed by atoms with Gasteiger partial charge in [-0.05, 0) is 18.2 Å². The van der Waals surface area contributed by atoms with E-state index >= 15 is 0 Å². The molecule has 2 rings (SSSR count). The van der Waals surface area contributed by atoms with Crippen molar-refractivity contribution in [3.8, 4) is 0 Å². The lowest BCUT2D eigenvalue weighted by Gasteiger charge is -2.18. The van der Waals surface area contributed by atoms with Crippen molar-refractivity contribution < 1.29 is 8.42 Å². The van der Waals surface area contributed by atoms with Crippen LogP contribution in [0.2, 0.25) is 5.02 Å². The molecule has 1 aromatic carbocycles. The molecule has 6 heteroatoms. The Morgan fingerprint density at radius 1 is 1.38 bits per heavy atom. The number of benzene rings is 1. The Balaban J connectivity index is 2.66. The lowest BCUT2D eigenvalue weighted by molar-refractivity contribution is 0.581. The number of rotatable bonds is 0. The molecular weight excluding hydrogens is 212 g/mol. The van der Waals surface area contributed by atoms with Gasteiger partial charge in [-0.3, -0.25) is 0 Å². The number of hydrogen-bond donors (Lipinski definition) is 2. The first kappa shape index (κ1) is 8.80. The van der Waals surface area contributed by atoms with Gasteiger partial charge in [-0.2, -0.15) is 4.72 Å². The number of anilines is 1. The summed E-state index contributed by atoms with van der Waals surface area (Å²) in [6.45, 7) is 0.204. The van der Waals surface area contributed by atoms with E-state index in [1.807, 2.05) is 0 Å². The van der Waals surface area contributed by atoms with E-state index in [1.165, 1.54) is 6.07 Å². The monoisotopic (exact) mass is 218 g/mol. The minimum absolute atomic E-state index is 0.204. The van der Waals surface area contributed by atoms with Gasteiger partial charge in [0, 0.05) is 5.02 Å². The molecule has 70 valence electrons. The molecule has 4 nitrogen and oxygen atoms in total. The third-order valence-corrected chi connectivity index (χ3v) is 3.47. The molecule has 1 aromatic rings. The highest BCUT2D eigenvalue weighted by molar-refractivity contribution is 7.89. The minimum atomic E-state index is -3.33. The summed E-state index contributed by atoms with van der Waals surface area (Å²) in [5.41, 5.74) is 0.547. The van der Waals surface area contributed by atoms with E-state index in [-0.39, 0.29) is 11.6 Å². The van der Waals surface area contributed by atoms with Crippen LogP contribution in [0, 0.1) is 0 Å². The van der Waals surface area contributed by atoms with Gasteiger partial charge in [0.2, 0.25) is 10.0 Å². The molecule has 13 heavy (non-hydrogen) atoms. The van der Waals surface area contributed by atoms with Crippen LogP contribution in [0.15, 0.2) is 23.1 Å². The van der Waals surface area contributed by atoms with E-state index in [2.05, 4.69) is 10.0 Å². The molecule has 0 spiro atoms. The molecule has 1 heterocycles. The number of hydrogen-bond acceptors (Lipinski definition) is 3. The van der Waals surface area contributed by atoms with Crippen LogP contribution in [0.1, 0.15) is 0 Å². The Hall–Kier alpha value is -0.780. The third-order valence-electron chi connectivity index (χ3n) is 1.77. The van der Waals surface area contributed by atoms with Gasteiger partial charge in [0.05, 0.1) is 12.4 Å². The van der Waals surface area contributed by atoms with Crippen molar-refractivity contribution >= 4 is 27.3 Å². The normalized spacial score (nSPS) is 18.8. The van der Waals surface area contributed by atoms with Crippen LogP contribution in [0.4, 0.5) is 5.69 Å². The third kappa shape index (κ3) is 1.50. The van der Waals surface area contributed by atoms with Gasteiger partial charge >= 0.3 is 0 Å². The van der Waals surface area contributed by atoms with E-state index in [9.17, 15) is 8.42 Å². The topological polar surface area (TPSA) is 58.2 Å². The zero-order chi connectivity index (χ0) is 9.47. The molecule has 1 aliphatic heterocycles. The summed E-state index contributed by atoms with van der Waals surface area (Å²) in [5, 5.41) is 3.40. The molecule has 0 amide bonds. The molecule has 0 fully saturated rings. The number of halogens is 1. The highest BCUT2D eigenvalue weighted by Crippen LogP contribution is 2.26. The van der Waals surface area contributed by atoms with Crippen LogP contribution in [0.25, 0.3) is 0 Å². The average Bonchev–Trinajstić information content (AvgIpc) is 2.02. The molecule has 1 aliphatic rings. The number of fused-ring (bicyclic) bond motifs is 1. The molecule has 0 unspecified atom stereocenters. The first-order valence-electron chi connectivity index (χ1n) is 3.63. The van der Waals surface area contributed by atoms with E-state index in [0.717, 1.165) is 0 Å². The van der Waals surface area contributed by atoms with Crippen molar-refractivity contribution in [2.24, 2.45) is 0 Å². The summed E-state index contributed by atoms with van der Waals surface area (Å²) in [6, 6.07) is 4.62. The summed E-state index contributed by atoms with van der Waals surface area (Å²) in [7, 11) is -3.33. The maximum Gasteiger partial charge on any atom is 0.244 e. The quantitative estimate of drug-likeness (QED) is 0.683. The van der Waals surface area contributed by atoms with Gasteiger partial charge in [0.15, 0.2) is 0 Å². The van der Waals surface area contributed by atoms with Crippen LogP contribution in [0.3, 0.4) is 0 Å². The standard InChI is InChI=1S/C7H7ClN2O2S/c8-5-1-2-7-6(3-5)9-4-10-13(7,11)12/h1-3,9-10H,4H2. The van der Waals surface area contributed by atoms with Crippen LogP contribution >= 0.6 is 11.6 Å². The summed E-state index contributed by atoms with van der Waals surface area (Å²) >= 11 is 5.71. The molecule has 0 aromatic heterocycles. The second-order valence-corrected chi connectivity index (χ2v) is 4.81.